The number of phosphoric acid groups is 1. The fraction of sp³-hybridized carbons (Fsp3) is 0.724. The smallest absolute Gasteiger partial charge is 0.306 e. The van der Waals surface area contributed by atoms with Crippen molar-refractivity contribution in [1.29, 1.82) is 0 Å². The lowest BCUT2D eigenvalue weighted by atomic mass is 10.1. The van der Waals surface area contributed by atoms with Crippen LogP contribution in [0.15, 0.2) is 85.1 Å². The molecule has 0 bridgehead atoms. The summed E-state index contributed by atoms with van der Waals surface area (Å²) in [6, 6.07) is -0.926. The van der Waals surface area contributed by atoms with Crippen molar-refractivity contribution in [1.82, 2.24) is 5.32 Å². The molecule has 0 aromatic heterocycles. The number of quaternary nitrogens is 1. The molecule has 0 aliphatic rings. The van der Waals surface area contributed by atoms with E-state index >= 15 is 0 Å². The number of nitrogens with one attached hydrogen (secondary N) is 1. The molecular formula is C58H103N2O7P. The maximum absolute atomic E-state index is 13.4. The Labute approximate surface area is 418 Å². The van der Waals surface area contributed by atoms with Gasteiger partial charge in [0.05, 0.1) is 33.8 Å². The quantitative estimate of drug-likeness (QED) is 0.0212. The van der Waals surface area contributed by atoms with Gasteiger partial charge in [0.1, 0.15) is 19.3 Å². The van der Waals surface area contributed by atoms with Gasteiger partial charge in [-0.05, 0) is 96.0 Å². The number of nitrogens with zero attached hydrogens (tertiary/aromatic N) is 1. The summed E-state index contributed by atoms with van der Waals surface area (Å²) in [5.41, 5.74) is 0. The van der Waals surface area contributed by atoms with Gasteiger partial charge in [-0.25, -0.2) is 0 Å². The third-order valence-corrected chi connectivity index (χ3v) is 12.5. The van der Waals surface area contributed by atoms with Crippen molar-refractivity contribution in [3.63, 3.8) is 0 Å². The minimum atomic E-state index is -4.71. The number of ether oxygens (including phenoxy) is 1. The first-order valence-corrected chi connectivity index (χ1v) is 28.9. The highest BCUT2D eigenvalue weighted by Gasteiger charge is 2.27. The van der Waals surface area contributed by atoms with Gasteiger partial charge in [-0.15, -0.1) is 0 Å². The van der Waals surface area contributed by atoms with Gasteiger partial charge in [0.25, 0.3) is 7.82 Å². The van der Waals surface area contributed by atoms with E-state index < -0.39 is 26.6 Å². The van der Waals surface area contributed by atoms with Crippen LogP contribution in [0.3, 0.4) is 0 Å². The average Bonchev–Trinajstić information content (AvgIpc) is 3.29. The molecule has 0 rings (SSSR count). The number of allylic oxidation sites excluding steroid dienone is 13. The summed E-state index contributed by atoms with van der Waals surface area (Å²) in [5, 5.41) is 2.97. The molecule has 9 nitrogen and oxygen atoms in total. The van der Waals surface area contributed by atoms with Crippen LogP contribution >= 0.6 is 7.82 Å². The summed E-state index contributed by atoms with van der Waals surface area (Å²) in [6.45, 7) is 6.64. The molecule has 0 aliphatic heterocycles. The lowest BCUT2D eigenvalue weighted by Crippen LogP contribution is -2.47. The van der Waals surface area contributed by atoms with Crippen molar-refractivity contribution >= 4 is 19.7 Å². The minimum Gasteiger partial charge on any atom is -0.756 e. The Morgan fingerprint density at radius 2 is 0.956 bits per heavy atom. The highest BCUT2D eigenvalue weighted by molar-refractivity contribution is 7.45. The molecule has 10 heteroatoms. The van der Waals surface area contributed by atoms with Gasteiger partial charge in [0.15, 0.2) is 0 Å². The molecule has 0 fully saturated rings. The second kappa shape index (κ2) is 47.8. The van der Waals surface area contributed by atoms with Crippen molar-refractivity contribution in [3.05, 3.63) is 85.1 Å². The zero-order valence-corrected chi connectivity index (χ0v) is 45.4. The monoisotopic (exact) mass is 971 g/mol. The van der Waals surface area contributed by atoms with E-state index in [1.807, 2.05) is 27.2 Å². The van der Waals surface area contributed by atoms with Gasteiger partial charge in [0, 0.05) is 12.8 Å². The van der Waals surface area contributed by atoms with E-state index in [2.05, 4.69) is 99.0 Å². The molecule has 0 saturated heterocycles. The zero-order chi connectivity index (χ0) is 50.1. The van der Waals surface area contributed by atoms with Crippen LogP contribution in [-0.4, -0.2) is 69.4 Å². The summed E-state index contributed by atoms with van der Waals surface area (Å²) in [5.74, 6) is -0.634. The molecule has 0 aromatic carbocycles. The van der Waals surface area contributed by atoms with E-state index in [1.54, 1.807) is 6.08 Å². The van der Waals surface area contributed by atoms with E-state index in [4.69, 9.17) is 13.8 Å². The maximum atomic E-state index is 13.4. The Kier molecular flexibility index (Phi) is 45.9. The molecule has 392 valence electrons. The van der Waals surface area contributed by atoms with Crippen molar-refractivity contribution in [2.45, 2.75) is 232 Å². The molecule has 68 heavy (non-hydrogen) atoms. The van der Waals surface area contributed by atoms with Crippen LogP contribution in [0.5, 0.6) is 0 Å². The molecule has 1 amide bonds. The largest absolute Gasteiger partial charge is 0.756 e. The SMILES string of the molecule is CC/C=C\C/C=C\C/C=C\C/C=C\C/C=C\CCCC(=O)NC(COP(=O)([O-])OCC[N+](C)(C)C)C(/C=C\CCCCCCCCCCCC)OC(=O)CCCCC/C=C\CCCCCCCC. The van der Waals surface area contributed by atoms with Gasteiger partial charge in [0.2, 0.25) is 5.91 Å². The van der Waals surface area contributed by atoms with Crippen LogP contribution in [0.25, 0.3) is 0 Å². The highest BCUT2D eigenvalue weighted by atomic mass is 31.2. The van der Waals surface area contributed by atoms with Crippen LogP contribution in [-0.2, 0) is 27.9 Å². The van der Waals surface area contributed by atoms with E-state index in [-0.39, 0.29) is 31.3 Å². The van der Waals surface area contributed by atoms with Crippen molar-refractivity contribution in [3.8, 4) is 0 Å². The number of likely N-dealkylation sites (N-methyl/N-ethyl adjacent to an activating group) is 1. The Morgan fingerprint density at radius 1 is 0.529 bits per heavy atom. The number of phosphoric ester groups is 1. The summed E-state index contributed by atoms with van der Waals surface area (Å²) in [7, 11) is 1.13. The number of carbonyl (C=O) groups is 2. The fourth-order valence-corrected chi connectivity index (χ4v) is 8.04. The van der Waals surface area contributed by atoms with Crippen LogP contribution in [0, 0.1) is 0 Å². The van der Waals surface area contributed by atoms with E-state index in [9.17, 15) is 19.0 Å². The molecular weight excluding hydrogens is 868 g/mol. The molecule has 0 saturated carbocycles. The number of hydrogen-bond acceptors (Lipinski definition) is 7. The fourth-order valence-electron chi connectivity index (χ4n) is 7.31. The summed E-state index contributed by atoms with van der Waals surface area (Å²) in [4.78, 5) is 39.7. The predicted octanol–water partition coefficient (Wildman–Crippen LogP) is 15.6. The highest BCUT2D eigenvalue weighted by Crippen LogP contribution is 2.38. The number of esters is 1. The second-order valence-corrected chi connectivity index (χ2v) is 20.8. The van der Waals surface area contributed by atoms with Crippen LogP contribution in [0.2, 0.25) is 0 Å². The van der Waals surface area contributed by atoms with Crippen molar-refractivity contribution in [2.75, 3.05) is 40.9 Å². The molecule has 0 heterocycles. The second-order valence-electron chi connectivity index (χ2n) is 19.3. The number of rotatable bonds is 48. The van der Waals surface area contributed by atoms with Gasteiger partial charge < -0.3 is 28.5 Å². The van der Waals surface area contributed by atoms with Crippen LogP contribution in [0.4, 0.5) is 0 Å². The van der Waals surface area contributed by atoms with E-state index in [0.29, 0.717) is 23.9 Å². The van der Waals surface area contributed by atoms with Crippen molar-refractivity contribution in [2.24, 2.45) is 0 Å². The predicted molar refractivity (Wildman–Crippen MR) is 288 cm³/mol. The van der Waals surface area contributed by atoms with Gasteiger partial charge >= 0.3 is 5.97 Å². The lowest BCUT2D eigenvalue weighted by Gasteiger charge is -2.30. The van der Waals surface area contributed by atoms with Gasteiger partial charge in [-0.1, -0.05) is 196 Å². The Bertz CT molecular complexity index is 1440. The zero-order valence-electron chi connectivity index (χ0n) is 44.5. The Morgan fingerprint density at radius 3 is 1.46 bits per heavy atom. The first-order chi connectivity index (χ1) is 32.9. The topological polar surface area (TPSA) is 114 Å². The molecule has 0 aliphatic carbocycles. The molecule has 3 unspecified atom stereocenters. The standard InChI is InChI=1S/C58H103N2O7P/c1-7-10-13-16-19-22-25-28-29-30-31-33-35-38-41-44-47-50-57(61)59-55(54-66-68(63,64)65-53-52-60(4,5)6)56(49-46-43-40-37-34-27-24-21-18-15-12-9-3)67-58(62)51-48-45-42-39-36-32-26-23-20-17-14-11-8-2/h10,13,19,22,28-29,31-33,36,38,41,46,49,55-56H,7-9,11-12,14-18,20-21,23-27,30,34-35,37,39-40,42-45,47-48,50-54H2,1-6H3,(H-,59,61,63,64)/b13-10-,22-19-,29-28-,33-31-,36-32-,41-38-,49-46-. The molecule has 0 aromatic rings. The Hall–Kier alpha value is -2.81. The lowest BCUT2D eigenvalue weighted by molar-refractivity contribution is -0.870. The van der Waals surface area contributed by atoms with Gasteiger partial charge in [-0.3, -0.25) is 14.2 Å². The van der Waals surface area contributed by atoms with Crippen molar-refractivity contribution < 1.29 is 37.3 Å². The molecule has 1 N–H and O–H groups in total. The number of hydrogen-bond donors (Lipinski definition) is 1. The number of carbonyl (C=O) groups excluding carboxylic acids is 2. The number of amides is 1. The molecule has 0 radical (unpaired) electrons. The normalized spacial score (nSPS) is 14.5. The summed E-state index contributed by atoms with van der Waals surface area (Å²) >= 11 is 0. The average molecular weight is 971 g/mol. The number of unbranched alkanes of at least 4 members (excludes halogenated alkanes) is 20. The third-order valence-electron chi connectivity index (χ3n) is 11.6. The van der Waals surface area contributed by atoms with Crippen LogP contribution in [0.1, 0.15) is 220 Å². The maximum Gasteiger partial charge on any atom is 0.306 e. The minimum absolute atomic E-state index is 0.0385. The first-order valence-electron chi connectivity index (χ1n) is 27.4. The Balaban J connectivity index is 5.52. The summed E-state index contributed by atoms with van der Waals surface area (Å²) < 4.78 is 30.1. The summed E-state index contributed by atoms with van der Waals surface area (Å²) in [6.07, 6.45) is 61.3. The third kappa shape index (κ3) is 48.2. The van der Waals surface area contributed by atoms with E-state index in [0.717, 1.165) is 83.5 Å². The van der Waals surface area contributed by atoms with Gasteiger partial charge in [-0.2, -0.15) is 0 Å². The first kappa shape index (κ1) is 65.2. The van der Waals surface area contributed by atoms with Crippen LogP contribution < -0.4 is 10.2 Å². The molecule has 3 atom stereocenters. The van der Waals surface area contributed by atoms with E-state index in [1.165, 1.54) is 89.9 Å². The molecule has 0 spiro atoms.